The van der Waals surface area contributed by atoms with Gasteiger partial charge in [0, 0.05) is 24.4 Å². The molecule has 0 fully saturated rings. The van der Waals surface area contributed by atoms with Gasteiger partial charge in [0.25, 0.3) is 0 Å². The molecule has 6 heteroatoms. The highest BCUT2D eigenvalue weighted by atomic mass is 32.2. The van der Waals surface area contributed by atoms with E-state index in [2.05, 4.69) is 41.4 Å². The minimum Gasteiger partial charge on any atom is -0.370 e. The fraction of sp³-hybridized carbons (Fsp3) is 0.667. The lowest BCUT2D eigenvalue weighted by Gasteiger charge is -2.15. The zero-order valence-corrected chi connectivity index (χ0v) is 12.2. The second-order valence-corrected chi connectivity index (χ2v) is 5.45. The molecule has 0 amide bonds. The lowest BCUT2D eigenvalue weighted by molar-refractivity contribution is 0.898. The maximum atomic E-state index is 5.70. The molecule has 1 aromatic heterocycles. The molecule has 102 valence electrons. The number of thioether (sulfide) groups is 1. The van der Waals surface area contributed by atoms with Crippen LogP contribution in [-0.2, 0) is 0 Å². The molecule has 18 heavy (non-hydrogen) atoms. The molecule has 0 bridgehead atoms. The fourth-order valence-corrected chi connectivity index (χ4v) is 2.14. The maximum Gasteiger partial charge on any atom is 0.223 e. The van der Waals surface area contributed by atoms with Crippen LogP contribution in [0.5, 0.6) is 0 Å². The number of anilines is 3. The van der Waals surface area contributed by atoms with Gasteiger partial charge in [0.2, 0.25) is 5.95 Å². The topological polar surface area (TPSA) is 75.9 Å². The Morgan fingerprint density at radius 2 is 2.06 bits per heavy atom. The third-order valence-electron chi connectivity index (χ3n) is 2.27. The molecule has 0 saturated carbocycles. The van der Waals surface area contributed by atoms with Gasteiger partial charge in [0.1, 0.15) is 11.6 Å². The number of nitrogens with two attached hydrogens (primary N) is 1. The highest BCUT2D eigenvalue weighted by molar-refractivity contribution is 7.99. The fourth-order valence-electron chi connectivity index (χ4n) is 1.47. The van der Waals surface area contributed by atoms with E-state index in [4.69, 9.17) is 5.73 Å². The van der Waals surface area contributed by atoms with E-state index in [1.54, 1.807) is 0 Å². The van der Waals surface area contributed by atoms with E-state index in [-0.39, 0.29) is 0 Å². The molecule has 0 aliphatic rings. The zero-order chi connectivity index (χ0) is 13.4. The zero-order valence-electron chi connectivity index (χ0n) is 11.4. The van der Waals surface area contributed by atoms with Crippen LogP contribution in [0.4, 0.5) is 17.6 Å². The monoisotopic (exact) mass is 269 g/mol. The molecule has 1 rings (SSSR count). The van der Waals surface area contributed by atoms with Crippen molar-refractivity contribution in [1.82, 2.24) is 9.97 Å². The second-order valence-electron chi connectivity index (χ2n) is 4.13. The van der Waals surface area contributed by atoms with E-state index in [0.717, 1.165) is 36.1 Å². The summed E-state index contributed by atoms with van der Waals surface area (Å²) in [5, 5.41) is 6.56. The van der Waals surface area contributed by atoms with Gasteiger partial charge in [-0.3, -0.25) is 0 Å². The number of aromatic nitrogens is 2. The molecular formula is C12H23N5S. The first-order valence-corrected chi connectivity index (χ1v) is 7.53. The largest absolute Gasteiger partial charge is 0.370 e. The van der Waals surface area contributed by atoms with Gasteiger partial charge in [-0.2, -0.15) is 21.7 Å². The van der Waals surface area contributed by atoms with E-state index in [1.807, 2.05) is 17.8 Å². The average Bonchev–Trinajstić information content (AvgIpc) is 2.33. The number of nitrogens with one attached hydrogen (secondary N) is 2. The van der Waals surface area contributed by atoms with Gasteiger partial charge < -0.3 is 16.4 Å². The minimum atomic E-state index is 0.300. The summed E-state index contributed by atoms with van der Waals surface area (Å²) in [4.78, 5) is 8.35. The van der Waals surface area contributed by atoms with Crippen LogP contribution < -0.4 is 16.4 Å². The van der Waals surface area contributed by atoms with Gasteiger partial charge in [0.15, 0.2) is 0 Å². The quantitative estimate of drug-likeness (QED) is 0.673. The third kappa shape index (κ3) is 5.44. The molecule has 0 saturated heterocycles. The molecule has 1 unspecified atom stereocenters. The van der Waals surface area contributed by atoms with Gasteiger partial charge in [-0.05, 0) is 19.1 Å². The lowest BCUT2D eigenvalue weighted by atomic mass is 10.4. The molecule has 0 aliphatic carbocycles. The first-order chi connectivity index (χ1) is 8.65. The average molecular weight is 269 g/mol. The van der Waals surface area contributed by atoms with Crippen molar-refractivity contribution >= 4 is 29.3 Å². The predicted octanol–water partition coefficient (Wildman–Crippen LogP) is 2.43. The number of nitrogens with zero attached hydrogens (tertiary/aromatic N) is 2. The first kappa shape index (κ1) is 14.9. The van der Waals surface area contributed by atoms with Crippen LogP contribution in [0.25, 0.3) is 0 Å². The molecule has 1 atom stereocenters. The Labute approximate surface area is 113 Å². The van der Waals surface area contributed by atoms with Crippen LogP contribution in [-0.4, -0.2) is 34.1 Å². The predicted molar refractivity (Wildman–Crippen MR) is 81.3 cm³/mol. The van der Waals surface area contributed by atoms with Crippen molar-refractivity contribution in [3.05, 3.63) is 6.07 Å². The van der Waals surface area contributed by atoms with Gasteiger partial charge in [-0.1, -0.05) is 13.8 Å². The van der Waals surface area contributed by atoms with Gasteiger partial charge >= 0.3 is 0 Å². The van der Waals surface area contributed by atoms with Crippen LogP contribution in [0.2, 0.25) is 0 Å². The summed E-state index contributed by atoms with van der Waals surface area (Å²) in [5.74, 6) is 4.04. The van der Waals surface area contributed by atoms with E-state index in [0.29, 0.717) is 12.0 Å². The molecule has 0 aliphatic heterocycles. The summed E-state index contributed by atoms with van der Waals surface area (Å²) < 4.78 is 0. The van der Waals surface area contributed by atoms with Crippen molar-refractivity contribution in [2.24, 2.45) is 0 Å². The number of nitrogen functional groups attached to an aromatic ring is 1. The Kier molecular flexibility index (Phi) is 6.64. The molecule has 4 N–H and O–H groups in total. The van der Waals surface area contributed by atoms with Crippen LogP contribution in [0.3, 0.4) is 0 Å². The van der Waals surface area contributed by atoms with Gasteiger partial charge in [-0.25, -0.2) is 0 Å². The van der Waals surface area contributed by atoms with Crippen molar-refractivity contribution in [2.45, 2.75) is 33.2 Å². The molecule has 0 radical (unpaired) electrons. The third-order valence-corrected chi connectivity index (χ3v) is 3.41. The Hall–Kier alpha value is -1.17. The van der Waals surface area contributed by atoms with E-state index < -0.39 is 0 Å². The molecular weight excluding hydrogens is 246 g/mol. The minimum absolute atomic E-state index is 0.300. The molecule has 0 spiro atoms. The normalized spacial score (nSPS) is 12.2. The summed E-state index contributed by atoms with van der Waals surface area (Å²) in [6.07, 6.45) is 1.05. The highest BCUT2D eigenvalue weighted by Crippen LogP contribution is 2.14. The molecule has 1 heterocycles. The van der Waals surface area contributed by atoms with Crippen LogP contribution in [0.15, 0.2) is 6.07 Å². The van der Waals surface area contributed by atoms with Gasteiger partial charge in [0.05, 0.1) is 0 Å². The summed E-state index contributed by atoms with van der Waals surface area (Å²) in [5.41, 5.74) is 5.70. The lowest BCUT2D eigenvalue weighted by Crippen LogP contribution is -2.19. The standard InChI is InChI=1S/C12H23N5S/c1-4-6-14-10-7-11(17-12(13)16-10)15-9(3)8-18-5-2/h7,9H,4-6,8H2,1-3H3,(H4,13,14,15,16,17). The highest BCUT2D eigenvalue weighted by Gasteiger charge is 2.06. The smallest absolute Gasteiger partial charge is 0.223 e. The van der Waals surface area contributed by atoms with Crippen molar-refractivity contribution < 1.29 is 0 Å². The summed E-state index contributed by atoms with van der Waals surface area (Å²) in [7, 11) is 0. The van der Waals surface area contributed by atoms with Crippen LogP contribution >= 0.6 is 11.8 Å². The molecule has 1 aromatic rings. The van der Waals surface area contributed by atoms with Crippen molar-refractivity contribution in [1.29, 1.82) is 0 Å². The molecule has 5 nitrogen and oxygen atoms in total. The Balaban J connectivity index is 2.61. The second kappa shape index (κ2) is 8.02. The van der Waals surface area contributed by atoms with Gasteiger partial charge in [-0.15, -0.1) is 0 Å². The van der Waals surface area contributed by atoms with Crippen molar-refractivity contribution in [2.75, 3.05) is 34.4 Å². The van der Waals surface area contributed by atoms with E-state index >= 15 is 0 Å². The summed E-state index contributed by atoms with van der Waals surface area (Å²) in [6, 6.07) is 2.27. The Morgan fingerprint density at radius 1 is 1.33 bits per heavy atom. The molecule has 0 aromatic carbocycles. The van der Waals surface area contributed by atoms with Crippen LogP contribution in [0, 0.1) is 0 Å². The summed E-state index contributed by atoms with van der Waals surface area (Å²) >= 11 is 1.90. The number of rotatable bonds is 8. The Bertz CT molecular complexity index is 358. The summed E-state index contributed by atoms with van der Waals surface area (Å²) in [6.45, 7) is 7.30. The van der Waals surface area contributed by atoms with Crippen molar-refractivity contribution in [3.63, 3.8) is 0 Å². The van der Waals surface area contributed by atoms with Crippen LogP contribution in [0.1, 0.15) is 27.2 Å². The number of hydrogen-bond acceptors (Lipinski definition) is 6. The van der Waals surface area contributed by atoms with E-state index in [9.17, 15) is 0 Å². The SMILES string of the molecule is CCCNc1cc(NC(C)CSCC)nc(N)n1. The van der Waals surface area contributed by atoms with Crippen molar-refractivity contribution in [3.8, 4) is 0 Å². The first-order valence-electron chi connectivity index (χ1n) is 6.38. The maximum absolute atomic E-state index is 5.70. The Morgan fingerprint density at radius 3 is 2.72 bits per heavy atom. The number of hydrogen-bond donors (Lipinski definition) is 3. The van der Waals surface area contributed by atoms with E-state index in [1.165, 1.54) is 0 Å².